The van der Waals surface area contributed by atoms with Crippen LogP contribution in [0.25, 0.3) is 11.4 Å². The Labute approximate surface area is 305 Å². The van der Waals surface area contributed by atoms with Crippen LogP contribution in [0.2, 0.25) is 0 Å². The van der Waals surface area contributed by atoms with Gasteiger partial charge >= 0.3 is 0 Å². The van der Waals surface area contributed by atoms with Gasteiger partial charge in [0.1, 0.15) is 22.3 Å². The number of fused-ring (bicyclic) bond motifs is 1. The van der Waals surface area contributed by atoms with Crippen molar-refractivity contribution >= 4 is 45.6 Å². The number of anilines is 2. The number of aliphatic imine (C=N–C) groups is 1. The van der Waals surface area contributed by atoms with Gasteiger partial charge in [0, 0.05) is 29.9 Å². The minimum absolute atomic E-state index is 0.0488. The third kappa shape index (κ3) is 7.86. The SMILES string of the molecule is CCC(C)(C)c1ccc(OC(C)C(=O)Nc2ccc(-c3nc4n(n3)N=C(SC)C4=Nc3ccc(N4CCOCC4)nc3)cc2)c(C(C)(C)CC)c1. The smallest absolute Gasteiger partial charge is 0.265 e. The number of amides is 1. The molecule has 1 amide bonds. The molecule has 0 spiro atoms. The maximum Gasteiger partial charge on any atom is 0.265 e. The van der Waals surface area contributed by atoms with E-state index in [2.05, 4.69) is 79.1 Å². The Morgan fingerprint density at radius 3 is 2.39 bits per heavy atom. The average Bonchev–Trinajstić information content (AvgIpc) is 3.71. The fourth-order valence-corrected chi connectivity index (χ4v) is 6.32. The number of aromatic nitrogens is 4. The highest BCUT2D eigenvalue weighted by Gasteiger charge is 2.29. The van der Waals surface area contributed by atoms with Crippen molar-refractivity contribution in [2.24, 2.45) is 10.1 Å². The van der Waals surface area contributed by atoms with Gasteiger partial charge < -0.3 is 19.7 Å². The Morgan fingerprint density at radius 1 is 1.02 bits per heavy atom. The van der Waals surface area contributed by atoms with E-state index < -0.39 is 6.10 Å². The number of nitrogens with one attached hydrogen (secondary N) is 1. The summed E-state index contributed by atoms with van der Waals surface area (Å²) in [7, 11) is 0. The standard InChI is InChI=1S/C39H48N8O3S/c1-9-38(4,5)27-13-17-31(30(23-27)39(6,7)10-2)50-25(3)36(48)42-28-14-11-26(12-15-28)34-43-35-33(37(51-8)45-47(35)44-34)41-29-16-18-32(40-24-29)46-19-21-49-22-20-46/h11-18,23-25H,9-10,19-22H2,1-8H3,(H,42,48). The summed E-state index contributed by atoms with van der Waals surface area (Å²) in [6.45, 7) is 18.2. The Balaban J connectivity index is 1.14. The predicted octanol–water partition coefficient (Wildman–Crippen LogP) is 7.62. The molecule has 268 valence electrons. The number of ether oxygens (including phenoxy) is 2. The Hall–Kier alpha value is -4.55. The van der Waals surface area contributed by atoms with Gasteiger partial charge in [-0.2, -0.15) is 0 Å². The Kier molecular flexibility index (Phi) is 10.6. The molecule has 4 aromatic rings. The van der Waals surface area contributed by atoms with Crippen LogP contribution >= 0.6 is 11.8 Å². The number of thioether (sulfide) groups is 1. The minimum atomic E-state index is -0.703. The number of hydrogen-bond acceptors (Lipinski definition) is 10. The zero-order valence-corrected chi connectivity index (χ0v) is 31.7. The quantitative estimate of drug-likeness (QED) is 0.169. The summed E-state index contributed by atoms with van der Waals surface area (Å²) in [4.78, 5) is 31.3. The fraction of sp³-hybridized carbons (Fsp3) is 0.436. The predicted molar refractivity (Wildman–Crippen MR) is 207 cm³/mol. The number of nitrogens with zero attached hydrogens (tertiary/aromatic N) is 7. The monoisotopic (exact) mass is 708 g/mol. The number of carbonyl (C=O) groups excluding carboxylic acids is 1. The lowest BCUT2D eigenvalue weighted by Crippen LogP contribution is -2.36. The summed E-state index contributed by atoms with van der Waals surface area (Å²) in [6, 6.07) is 17.8. The number of rotatable bonds is 11. The van der Waals surface area contributed by atoms with Gasteiger partial charge in [0.2, 0.25) is 5.82 Å². The summed E-state index contributed by atoms with van der Waals surface area (Å²) < 4.78 is 11.8. The molecule has 1 atom stereocenters. The lowest BCUT2D eigenvalue weighted by molar-refractivity contribution is -0.122. The van der Waals surface area contributed by atoms with Crippen LogP contribution in [0.5, 0.6) is 5.75 Å². The van der Waals surface area contributed by atoms with Crippen LogP contribution in [0.1, 0.15) is 78.3 Å². The lowest BCUT2D eigenvalue weighted by Gasteiger charge is -2.31. The van der Waals surface area contributed by atoms with Crippen molar-refractivity contribution < 1.29 is 14.3 Å². The maximum atomic E-state index is 13.3. The molecule has 2 aliphatic rings. The molecule has 6 rings (SSSR count). The van der Waals surface area contributed by atoms with E-state index in [0.717, 1.165) is 53.7 Å². The second-order valence-electron chi connectivity index (χ2n) is 14.2. The topological polar surface area (TPSA) is 119 Å². The third-order valence-electron chi connectivity index (χ3n) is 10.0. The van der Waals surface area contributed by atoms with Crippen molar-refractivity contribution in [3.63, 3.8) is 0 Å². The van der Waals surface area contributed by atoms with Crippen LogP contribution in [0.15, 0.2) is 70.9 Å². The molecule has 1 fully saturated rings. The molecule has 2 aliphatic heterocycles. The molecule has 12 heteroatoms. The van der Waals surface area contributed by atoms with Crippen LogP contribution in [0.3, 0.4) is 0 Å². The molecule has 1 N–H and O–H groups in total. The van der Waals surface area contributed by atoms with E-state index in [1.54, 1.807) is 13.1 Å². The van der Waals surface area contributed by atoms with Gasteiger partial charge in [0.15, 0.2) is 11.9 Å². The summed E-state index contributed by atoms with van der Waals surface area (Å²) in [5.74, 6) is 2.49. The highest BCUT2D eigenvalue weighted by molar-refractivity contribution is 8.15. The molecular weight excluding hydrogens is 661 g/mol. The zero-order chi connectivity index (χ0) is 36.3. The number of carbonyl (C=O) groups is 1. The normalized spacial score (nSPS) is 16.2. The number of hydrogen-bond donors (Lipinski definition) is 1. The molecule has 11 nitrogen and oxygen atoms in total. The summed E-state index contributed by atoms with van der Waals surface area (Å²) >= 11 is 1.49. The zero-order valence-electron chi connectivity index (χ0n) is 30.9. The third-order valence-corrected chi connectivity index (χ3v) is 10.7. The highest BCUT2D eigenvalue weighted by Crippen LogP contribution is 2.39. The molecular formula is C39H48N8O3S. The average molecular weight is 709 g/mol. The van der Waals surface area contributed by atoms with Crippen LogP contribution in [-0.4, -0.2) is 75.2 Å². The molecule has 0 radical (unpaired) electrons. The fourth-order valence-electron chi connectivity index (χ4n) is 5.83. The van der Waals surface area contributed by atoms with E-state index >= 15 is 0 Å². The summed E-state index contributed by atoms with van der Waals surface area (Å²) in [6.07, 6.45) is 4.99. The van der Waals surface area contributed by atoms with Crippen molar-refractivity contribution in [3.05, 3.63) is 77.7 Å². The largest absolute Gasteiger partial charge is 0.481 e. The van der Waals surface area contributed by atoms with Gasteiger partial charge in [-0.15, -0.1) is 26.8 Å². The van der Waals surface area contributed by atoms with Crippen LogP contribution < -0.4 is 15.0 Å². The minimum Gasteiger partial charge on any atom is -0.481 e. The molecule has 0 saturated carbocycles. The molecule has 0 bridgehead atoms. The number of benzene rings is 2. The molecule has 1 saturated heterocycles. The second kappa shape index (κ2) is 15.0. The Bertz CT molecular complexity index is 1930. The van der Waals surface area contributed by atoms with E-state index in [1.807, 2.05) is 48.7 Å². The first kappa shape index (κ1) is 36.2. The first-order chi connectivity index (χ1) is 24.4. The molecule has 51 heavy (non-hydrogen) atoms. The van der Waals surface area contributed by atoms with Crippen molar-refractivity contribution in [1.82, 2.24) is 19.9 Å². The van der Waals surface area contributed by atoms with Gasteiger partial charge in [-0.05, 0) is 84.9 Å². The molecule has 0 aliphatic carbocycles. The maximum absolute atomic E-state index is 13.3. The molecule has 1 unspecified atom stereocenters. The van der Waals surface area contributed by atoms with Crippen molar-refractivity contribution in [3.8, 4) is 17.1 Å². The number of morpholine rings is 1. The van der Waals surface area contributed by atoms with Gasteiger partial charge in [0.05, 0.1) is 25.1 Å². The molecule has 2 aromatic carbocycles. The lowest BCUT2D eigenvalue weighted by atomic mass is 9.76. The van der Waals surface area contributed by atoms with E-state index in [4.69, 9.17) is 19.5 Å². The van der Waals surface area contributed by atoms with Crippen molar-refractivity contribution in [2.75, 3.05) is 42.8 Å². The Morgan fingerprint density at radius 2 is 1.75 bits per heavy atom. The van der Waals surface area contributed by atoms with Gasteiger partial charge in [0.25, 0.3) is 5.91 Å². The van der Waals surface area contributed by atoms with E-state index in [9.17, 15) is 4.79 Å². The van der Waals surface area contributed by atoms with E-state index in [0.29, 0.717) is 41.9 Å². The summed E-state index contributed by atoms with van der Waals surface area (Å²) in [5.41, 5.74) is 5.13. The van der Waals surface area contributed by atoms with Crippen LogP contribution in [-0.2, 0) is 20.4 Å². The van der Waals surface area contributed by atoms with Crippen molar-refractivity contribution in [1.29, 1.82) is 0 Å². The first-order valence-corrected chi connectivity index (χ1v) is 18.9. The van der Waals surface area contributed by atoms with E-state index in [1.165, 1.54) is 22.1 Å². The van der Waals surface area contributed by atoms with Gasteiger partial charge in [-0.3, -0.25) is 4.79 Å². The van der Waals surface area contributed by atoms with E-state index in [-0.39, 0.29) is 16.7 Å². The molecule has 4 heterocycles. The van der Waals surface area contributed by atoms with Gasteiger partial charge in [-0.1, -0.05) is 53.7 Å². The molecule has 2 aromatic heterocycles. The summed E-state index contributed by atoms with van der Waals surface area (Å²) in [5, 5.41) is 13.0. The van der Waals surface area contributed by atoms with Crippen LogP contribution in [0, 0.1) is 0 Å². The first-order valence-electron chi connectivity index (χ1n) is 17.6. The highest BCUT2D eigenvalue weighted by atomic mass is 32.2. The van der Waals surface area contributed by atoms with Crippen LogP contribution in [0.4, 0.5) is 17.2 Å². The second-order valence-corrected chi connectivity index (χ2v) is 15.0. The van der Waals surface area contributed by atoms with Crippen molar-refractivity contribution in [2.45, 2.75) is 78.2 Å². The number of pyridine rings is 1. The van der Waals surface area contributed by atoms with Gasteiger partial charge in [-0.25, -0.2) is 15.0 Å².